The molecular formula is C22H24FN9. The van der Waals surface area contributed by atoms with E-state index in [1.807, 2.05) is 19.1 Å². The lowest BCUT2D eigenvalue weighted by atomic mass is 9.99. The molecule has 1 aliphatic rings. The molecule has 5 N–H and O–H groups in total. The predicted octanol–water partition coefficient (Wildman–Crippen LogP) is 2.76. The Hall–Kier alpha value is -3.63. The van der Waals surface area contributed by atoms with Crippen LogP contribution < -0.4 is 21.9 Å². The third kappa shape index (κ3) is 3.15. The highest BCUT2D eigenvalue weighted by Gasteiger charge is 2.40. The van der Waals surface area contributed by atoms with Crippen LogP contribution in [0.2, 0.25) is 0 Å². The van der Waals surface area contributed by atoms with E-state index < -0.39 is 5.66 Å². The van der Waals surface area contributed by atoms with Crippen LogP contribution in [-0.2, 0) is 12.2 Å². The lowest BCUT2D eigenvalue weighted by Gasteiger charge is -2.29. The van der Waals surface area contributed by atoms with E-state index in [4.69, 9.17) is 15.8 Å². The number of benzene rings is 1. The molecule has 1 aliphatic heterocycles. The fourth-order valence-corrected chi connectivity index (χ4v) is 4.22. The monoisotopic (exact) mass is 433 g/mol. The minimum Gasteiger partial charge on any atom is -0.383 e. The predicted molar refractivity (Wildman–Crippen MR) is 121 cm³/mol. The SMILES string of the molecule is CCNC1(CC)NNc2nc(-c3nn(Cc4ccccc4F)c4ncccc34)nc(N)c21. The van der Waals surface area contributed by atoms with Gasteiger partial charge in [-0.25, -0.2) is 29.4 Å². The Morgan fingerprint density at radius 2 is 2.00 bits per heavy atom. The molecular weight excluding hydrogens is 409 g/mol. The first-order valence-corrected chi connectivity index (χ1v) is 10.6. The van der Waals surface area contributed by atoms with Gasteiger partial charge >= 0.3 is 0 Å². The molecule has 0 saturated carbocycles. The average molecular weight is 433 g/mol. The maximum absolute atomic E-state index is 14.3. The van der Waals surface area contributed by atoms with Gasteiger partial charge in [-0.15, -0.1) is 0 Å². The Balaban J connectivity index is 1.62. The third-order valence-electron chi connectivity index (χ3n) is 5.76. The highest BCUT2D eigenvalue weighted by Crippen LogP contribution is 2.38. The van der Waals surface area contributed by atoms with Crippen LogP contribution in [0.3, 0.4) is 0 Å². The van der Waals surface area contributed by atoms with Gasteiger partial charge in [0.05, 0.1) is 17.5 Å². The Labute approximate surface area is 184 Å². The normalized spacial score (nSPS) is 17.5. The van der Waals surface area contributed by atoms with Gasteiger partial charge in [0, 0.05) is 11.8 Å². The molecule has 0 bridgehead atoms. The molecule has 4 aromatic rings. The van der Waals surface area contributed by atoms with E-state index in [-0.39, 0.29) is 12.4 Å². The van der Waals surface area contributed by atoms with Gasteiger partial charge in [-0.05, 0) is 31.2 Å². The van der Waals surface area contributed by atoms with Crippen LogP contribution in [0.15, 0.2) is 42.6 Å². The summed E-state index contributed by atoms with van der Waals surface area (Å²) in [6.45, 7) is 5.08. The van der Waals surface area contributed by atoms with Gasteiger partial charge in [-0.1, -0.05) is 32.0 Å². The number of aromatic nitrogens is 5. The van der Waals surface area contributed by atoms with E-state index in [1.165, 1.54) is 6.07 Å². The molecule has 10 heteroatoms. The summed E-state index contributed by atoms with van der Waals surface area (Å²) >= 11 is 0. The van der Waals surface area contributed by atoms with E-state index in [0.29, 0.717) is 34.4 Å². The summed E-state index contributed by atoms with van der Waals surface area (Å²) in [6.07, 6.45) is 2.43. The quantitative estimate of drug-likeness (QED) is 0.367. The smallest absolute Gasteiger partial charge is 0.184 e. The van der Waals surface area contributed by atoms with Gasteiger partial charge in [0.25, 0.3) is 0 Å². The van der Waals surface area contributed by atoms with Crippen molar-refractivity contribution in [2.24, 2.45) is 0 Å². The van der Waals surface area contributed by atoms with Gasteiger partial charge < -0.3 is 11.2 Å². The Morgan fingerprint density at radius 3 is 2.78 bits per heavy atom. The second kappa shape index (κ2) is 7.81. The van der Waals surface area contributed by atoms with E-state index in [0.717, 1.165) is 23.9 Å². The lowest BCUT2D eigenvalue weighted by Crippen LogP contribution is -2.51. The van der Waals surface area contributed by atoms with Crippen molar-refractivity contribution in [3.8, 4) is 11.5 Å². The maximum Gasteiger partial charge on any atom is 0.184 e. The second-order valence-corrected chi connectivity index (χ2v) is 7.67. The van der Waals surface area contributed by atoms with E-state index >= 15 is 0 Å². The first-order valence-electron chi connectivity index (χ1n) is 10.6. The molecule has 1 unspecified atom stereocenters. The molecule has 1 atom stereocenters. The third-order valence-corrected chi connectivity index (χ3v) is 5.76. The van der Waals surface area contributed by atoms with Crippen molar-refractivity contribution < 1.29 is 4.39 Å². The van der Waals surface area contributed by atoms with Crippen LogP contribution in [-0.4, -0.2) is 31.3 Å². The first kappa shape index (κ1) is 20.3. The topological polar surface area (TPSA) is 119 Å². The van der Waals surface area contributed by atoms with Crippen LogP contribution in [0.1, 0.15) is 31.4 Å². The standard InChI is InChI=1S/C22H24FN9/c1-3-22(26-4-2)16-18(24)27-20(28-19(16)29-31-22)17-14-9-7-11-25-21(14)32(30-17)12-13-8-5-6-10-15(13)23/h5-11,26,31H,3-4,12H2,1-2H3,(H3,24,27,28,29). The molecule has 9 nitrogen and oxygen atoms in total. The van der Waals surface area contributed by atoms with E-state index in [2.05, 4.69) is 33.1 Å². The lowest BCUT2D eigenvalue weighted by molar-refractivity contribution is 0.292. The van der Waals surface area contributed by atoms with Gasteiger partial charge in [-0.3, -0.25) is 5.32 Å². The summed E-state index contributed by atoms with van der Waals surface area (Å²) < 4.78 is 15.9. The highest BCUT2D eigenvalue weighted by molar-refractivity contribution is 5.89. The summed E-state index contributed by atoms with van der Waals surface area (Å²) in [4.78, 5) is 13.8. The second-order valence-electron chi connectivity index (χ2n) is 7.67. The molecule has 0 spiro atoms. The number of hydrazine groups is 1. The number of anilines is 2. The number of nitrogens with one attached hydrogen (secondary N) is 3. The summed E-state index contributed by atoms with van der Waals surface area (Å²) in [7, 11) is 0. The Kier molecular flexibility index (Phi) is 4.95. The summed E-state index contributed by atoms with van der Waals surface area (Å²) in [5.41, 5.74) is 14.7. The van der Waals surface area contributed by atoms with Crippen LogP contribution in [0.25, 0.3) is 22.6 Å². The van der Waals surface area contributed by atoms with Crippen LogP contribution in [0.5, 0.6) is 0 Å². The molecule has 0 amide bonds. The van der Waals surface area contributed by atoms with Gasteiger partial charge in [-0.2, -0.15) is 5.10 Å². The van der Waals surface area contributed by atoms with Gasteiger partial charge in [0.15, 0.2) is 17.3 Å². The summed E-state index contributed by atoms with van der Waals surface area (Å²) in [5.74, 6) is 1.06. The molecule has 3 aromatic heterocycles. The fraction of sp³-hybridized carbons (Fsp3) is 0.273. The molecule has 1 aromatic carbocycles. The van der Waals surface area contributed by atoms with Gasteiger partial charge in [0.1, 0.15) is 23.0 Å². The van der Waals surface area contributed by atoms with Crippen molar-refractivity contribution in [2.45, 2.75) is 32.5 Å². The minimum atomic E-state index is -0.541. The minimum absolute atomic E-state index is 0.236. The zero-order valence-electron chi connectivity index (χ0n) is 17.9. The van der Waals surface area contributed by atoms with Crippen molar-refractivity contribution in [1.82, 2.24) is 35.5 Å². The van der Waals surface area contributed by atoms with Crippen molar-refractivity contribution >= 4 is 22.7 Å². The Morgan fingerprint density at radius 1 is 1.16 bits per heavy atom. The van der Waals surface area contributed by atoms with Crippen molar-refractivity contribution in [1.29, 1.82) is 0 Å². The number of nitrogen functional groups attached to an aromatic ring is 1. The molecule has 4 heterocycles. The average Bonchev–Trinajstić information content (AvgIpc) is 3.35. The van der Waals surface area contributed by atoms with Crippen molar-refractivity contribution in [2.75, 3.05) is 17.7 Å². The molecule has 0 fully saturated rings. The Bertz CT molecular complexity index is 1300. The van der Waals surface area contributed by atoms with E-state index in [9.17, 15) is 4.39 Å². The number of nitrogens with two attached hydrogens (primary N) is 1. The number of hydrogen-bond donors (Lipinski definition) is 4. The molecule has 0 aliphatic carbocycles. The molecule has 5 rings (SSSR count). The van der Waals surface area contributed by atoms with Crippen LogP contribution >= 0.6 is 0 Å². The number of nitrogens with zero attached hydrogens (tertiary/aromatic N) is 5. The summed E-state index contributed by atoms with van der Waals surface area (Å²) in [6, 6.07) is 10.3. The summed E-state index contributed by atoms with van der Waals surface area (Å²) in [5, 5.41) is 8.90. The molecule has 0 saturated heterocycles. The number of hydrogen-bond acceptors (Lipinski definition) is 8. The highest BCUT2D eigenvalue weighted by atomic mass is 19.1. The number of fused-ring (bicyclic) bond motifs is 2. The number of rotatable bonds is 6. The van der Waals surface area contributed by atoms with Crippen LogP contribution in [0, 0.1) is 5.82 Å². The number of halogens is 1. The van der Waals surface area contributed by atoms with Crippen LogP contribution in [0.4, 0.5) is 16.0 Å². The molecule has 0 radical (unpaired) electrons. The fourth-order valence-electron chi connectivity index (χ4n) is 4.22. The molecule has 32 heavy (non-hydrogen) atoms. The van der Waals surface area contributed by atoms with Crippen molar-refractivity contribution in [3.05, 3.63) is 59.5 Å². The zero-order valence-corrected chi connectivity index (χ0v) is 17.9. The molecule has 164 valence electrons. The van der Waals surface area contributed by atoms with E-state index in [1.54, 1.807) is 29.1 Å². The zero-order chi connectivity index (χ0) is 22.3. The first-order chi connectivity index (χ1) is 15.6. The van der Waals surface area contributed by atoms with Crippen molar-refractivity contribution in [3.63, 3.8) is 0 Å². The largest absolute Gasteiger partial charge is 0.383 e. The maximum atomic E-state index is 14.3. The van der Waals surface area contributed by atoms with Gasteiger partial charge in [0.2, 0.25) is 0 Å². The number of pyridine rings is 1.